The molecule has 202 valence electrons. The van der Waals surface area contributed by atoms with E-state index < -0.39 is 0 Å². The first-order valence-corrected chi connectivity index (χ1v) is 14.5. The average Bonchev–Trinajstić information content (AvgIpc) is 3.56. The molecule has 0 aliphatic carbocycles. The monoisotopic (exact) mass is 528 g/mol. The summed E-state index contributed by atoms with van der Waals surface area (Å²) in [5.74, 6) is 2.55. The zero-order valence-corrected chi connectivity index (χ0v) is 23.3. The summed E-state index contributed by atoms with van der Waals surface area (Å²) in [6, 6.07) is 29.9. The number of aromatic amines is 1. The van der Waals surface area contributed by atoms with Crippen LogP contribution < -0.4 is 9.64 Å². The third-order valence-corrected chi connectivity index (χ3v) is 8.02. The van der Waals surface area contributed by atoms with E-state index in [9.17, 15) is 0 Å². The van der Waals surface area contributed by atoms with Crippen molar-refractivity contribution in [3.05, 3.63) is 115 Å². The van der Waals surface area contributed by atoms with Crippen LogP contribution in [0.2, 0.25) is 0 Å². The van der Waals surface area contributed by atoms with Gasteiger partial charge in [-0.15, -0.1) is 0 Å². The first-order chi connectivity index (χ1) is 19.7. The Labute approximate surface area is 236 Å². The molecule has 5 heteroatoms. The molecule has 0 atom stereocenters. The van der Waals surface area contributed by atoms with Crippen molar-refractivity contribution in [1.82, 2.24) is 15.0 Å². The van der Waals surface area contributed by atoms with Crippen molar-refractivity contribution in [2.75, 3.05) is 4.90 Å². The lowest BCUT2D eigenvalue weighted by atomic mass is 9.70. The van der Waals surface area contributed by atoms with Gasteiger partial charge in [0.1, 0.15) is 5.82 Å². The van der Waals surface area contributed by atoms with Gasteiger partial charge in [-0.2, -0.15) is 0 Å². The topological polar surface area (TPSA) is 54.0 Å². The van der Waals surface area contributed by atoms with Crippen LogP contribution in [-0.4, -0.2) is 15.0 Å². The molecular weight excluding hydrogens is 492 g/mol. The number of hydrogen-bond acceptors (Lipinski definition) is 4. The summed E-state index contributed by atoms with van der Waals surface area (Å²) in [6.07, 6.45) is 12.3. The number of unbranched alkanes of at least 4 members (excludes halogenated alkanes) is 2. The van der Waals surface area contributed by atoms with E-state index in [1.807, 2.05) is 30.6 Å². The van der Waals surface area contributed by atoms with Gasteiger partial charge in [0.25, 0.3) is 0 Å². The molecule has 0 spiro atoms. The van der Waals surface area contributed by atoms with Gasteiger partial charge >= 0.3 is 0 Å². The molecule has 2 aromatic heterocycles. The largest absolute Gasteiger partial charge is 0.453 e. The summed E-state index contributed by atoms with van der Waals surface area (Å²) in [4.78, 5) is 15.0. The number of ether oxygens (including phenoxy) is 1. The highest BCUT2D eigenvalue weighted by Gasteiger charge is 2.36. The molecular formula is C35H36N4O. The molecule has 0 unspecified atom stereocenters. The molecule has 0 amide bonds. The Kier molecular flexibility index (Phi) is 7.37. The second kappa shape index (κ2) is 11.4. The van der Waals surface area contributed by atoms with Crippen molar-refractivity contribution >= 4 is 17.1 Å². The summed E-state index contributed by atoms with van der Waals surface area (Å²) in [5.41, 5.74) is 6.45. The number of pyridine rings is 1. The maximum absolute atomic E-state index is 6.49. The second-order valence-corrected chi connectivity index (χ2v) is 10.6. The molecule has 1 aliphatic heterocycles. The quantitative estimate of drug-likeness (QED) is 0.192. The third-order valence-electron chi connectivity index (χ3n) is 8.02. The number of nitrogens with one attached hydrogen (secondary N) is 1. The van der Waals surface area contributed by atoms with E-state index >= 15 is 0 Å². The molecule has 1 aliphatic rings. The second-order valence-electron chi connectivity index (χ2n) is 10.6. The molecule has 5 aromatic rings. The first-order valence-electron chi connectivity index (χ1n) is 14.5. The Morgan fingerprint density at radius 2 is 1.55 bits per heavy atom. The predicted molar refractivity (Wildman–Crippen MR) is 163 cm³/mol. The minimum Gasteiger partial charge on any atom is -0.453 e. The van der Waals surface area contributed by atoms with Gasteiger partial charge in [0, 0.05) is 35.3 Å². The van der Waals surface area contributed by atoms with E-state index in [4.69, 9.17) is 9.72 Å². The highest BCUT2D eigenvalue weighted by atomic mass is 16.5. The van der Waals surface area contributed by atoms with Gasteiger partial charge in [0.2, 0.25) is 0 Å². The molecule has 6 rings (SSSR count). The van der Waals surface area contributed by atoms with E-state index in [0.717, 1.165) is 84.2 Å². The van der Waals surface area contributed by atoms with Gasteiger partial charge in [0.15, 0.2) is 11.5 Å². The number of para-hydroxylation sites is 2. The number of imidazole rings is 1. The van der Waals surface area contributed by atoms with Crippen molar-refractivity contribution in [3.63, 3.8) is 0 Å². The average molecular weight is 529 g/mol. The standard InChI is InChI=1S/C35H36N4O/c1-3-5-19-35(20-6-4-2,33-16-9-10-21-36-33)27-17-18-32-30(25-27)39(29-14-7-8-15-31(29)40-32)28-13-11-12-26(24-28)34-37-22-23-38-34/h7-18,21-25H,3-6,19-20H2,1-2H3,(H,37,38). The Morgan fingerprint density at radius 1 is 0.750 bits per heavy atom. The molecule has 5 nitrogen and oxygen atoms in total. The molecule has 0 fully saturated rings. The molecule has 0 radical (unpaired) electrons. The van der Waals surface area contributed by atoms with Crippen LogP contribution in [0.1, 0.15) is 63.6 Å². The van der Waals surface area contributed by atoms with Crippen LogP contribution in [-0.2, 0) is 5.41 Å². The summed E-state index contributed by atoms with van der Waals surface area (Å²) < 4.78 is 6.49. The maximum Gasteiger partial charge on any atom is 0.151 e. The predicted octanol–water partition coefficient (Wildman–Crippen LogP) is 9.71. The van der Waals surface area contributed by atoms with Crippen LogP contribution in [0.15, 0.2) is 104 Å². The number of aromatic nitrogens is 3. The van der Waals surface area contributed by atoms with Crippen LogP contribution >= 0.6 is 0 Å². The lowest BCUT2D eigenvalue weighted by Crippen LogP contribution is -2.30. The minimum absolute atomic E-state index is 0.166. The van der Waals surface area contributed by atoms with Crippen molar-refractivity contribution < 1.29 is 4.74 Å². The van der Waals surface area contributed by atoms with Gasteiger partial charge in [-0.05, 0) is 66.9 Å². The number of rotatable bonds is 10. The van der Waals surface area contributed by atoms with E-state index in [1.165, 1.54) is 5.56 Å². The Balaban J connectivity index is 1.54. The molecule has 1 N–H and O–H groups in total. The highest BCUT2D eigenvalue weighted by molar-refractivity contribution is 5.87. The number of benzene rings is 3. The zero-order chi connectivity index (χ0) is 27.4. The van der Waals surface area contributed by atoms with Crippen molar-refractivity contribution in [2.24, 2.45) is 0 Å². The van der Waals surface area contributed by atoms with Crippen LogP contribution in [0.3, 0.4) is 0 Å². The first kappa shape index (κ1) is 25.9. The van der Waals surface area contributed by atoms with Gasteiger partial charge in [-0.1, -0.05) is 75.9 Å². The van der Waals surface area contributed by atoms with E-state index in [2.05, 4.69) is 95.4 Å². The molecule has 3 aromatic carbocycles. The van der Waals surface area contributed by atoms with Gasteiger partial charge in [0.05, 0.1) is 17.1 Å². The zero-order valence-electron chi connectivity index (χ0n) is 23.3. The van der Waals surface area contributed by atoms with Crippen molar-refractivity contribution in [2.45, 2.75) is 57.8 Å². The SMILES string of the molecule is CCCCC(CCCC)(c1ccc2c(c1)N(c1cccc(-c3ncc[nH]3)c1)c1ccccc1O2)c1ccccn1. The fourth-order valence-corrected chi connectivity index (χ4v) is 5.97. The normalized spacial score (nSPS) is 12.5. The van der Waals surface area contributed by atoms with Gasteiger partial charge < -0.3 is 14.6 Å². The maximum atomic E-state index is 6.49. The fraction of sp³-hybridized carbons (Fsp3) is 0.257. The Morgan fingerprint density at radius 3 is 2.30 bits per heavy atom. The molecule has 0 saturated heterocycles. The van der Waals surface area contributed by atoms with Crippen molar-refractivity contribution in [1.29, 1.82) is 0 Å². The number of anilines is 3. The summed E-state index contributed by atoms with van der Waals surface area (Å²) in [6.45, 7) is 4.54. The van der Waals surface area contributed by atoms with Gasteiger partial charge in [-0.3, -0.25) is 4.98 Å². The molecule has 3 heterocycles. The van der Waals surface area contributed by atoms with Gasteiger partial charge in [-0.25, -0.2) is 4.98 Å². The molecule has 0 bridgehead atoms. The third kappa shape index (κ3) is 4.77. The fourth-order valence-electron chi connectivity index (χ4n) is 5.97. The lowest BCUT2D eigenvalue weighted by Gasteiger charge is -2.38. The molecule has 0 saturated carbocycles. The lowest BCUT2D eigenvalue weighted by molar-refractivity contribution is 0.395. The Hall–Kier alpha value is -4.38. The smallest absolute Gasteiger partial charge is 0.151 e. The Bertz CT molecular complexity index is 1550. The number of fused-ring (bicyclic) bond motifs is 2. The van der Waals surface area contributed by atoms with E-state index in [0.29, 0.717) is 0 Å². The molecule has 40 heavy (non-hydrogen) atoms. The number of nitrogens with zero attached hydrogens (tertiary/aromatic N) is 3. The van der Waals surface area contributed by atoms with Crippen LogP contribution in [0, 0.1) is 0 Å². The van der Waals surface area contributed by atoms with Crippen molar-refractivity contribution in [3.8, 4) is 22.9 Å². The summed E-state index contributed by atoms with van der Waals surface area (Å²) >= 11 is 0. The number of hydrogen-bond donors (Lipinski definition) is 1. The van der Waals surface area contributed by atoms with Crippen LogP contribution in [0.25, 0.3) is 11.4 Å². The number of H-pyrrole nitrogens is 1. The summed E-state index contributed by atoms with van der Waals surface area (Å²) in [5, 5.41) is 0. The van der Waals surface area contributed by atoms with Crippen LogP contribution in [0.4, 0.5) is 17.1 Å². The highest BCUT2D eigenvalue weighted by Crippen LogP contribution is 2.53. The van der Waals surface area contributed by atoms with E-state index in [-0.39, 0.29) is 5.41 Å². The van der Waals surface area contributed by atoms with Crippen LogP contribution in [0.5, 0.6) is 11.5 Å². The summed E-state index contributed by atoms with van der Waals surface area (Å²) in [7, 11) is 0. The minimum atomic E-state index is -0.166. The van der Waals surface area contributed by atoms with E-state index in [1.54, 1.807) is 6.20 Å².